The number of hydrogen-bond donors (Lipinski definition) is 0. The van der Waals surface area contributed by atoms with Crippen LogP contribution in [0.15, 0.2) is 30.3 Å². The van der Waals surface area contributed by atoms with Crippen LogP contribution < -0.4 is 0 Å². The van der Waals surface area contributed by atoms with E-state index in [1.807, 2.05) is 30.3 Å². The molecule has 0 unspecified atom stereocenters. The Bertz CT molecular complexity index is 705. The summed E-state index contributed by atoms with van der Waals surface area (Å²) in [5.41, 5.74) is 1.09. The Morgan fingerprint density at radius 1 is 0.941 bits per heavy atom. The zero-order chi connectivity index (χ0) is 26.0. The minimum atomic E-state index is -1.93. The van der Waals surface area contributed by atoms with Gasteiger partial charge in [-0.2, -0.15) is 0 Å². The number of rotatable bonds is 15. The number of ether oxygens (including phenoxy) is 2. The lowest BCUT2D eigenvalue weighted by Gasteiger charge is -2.41. The summed E-state index contributed by atoms with van der Waals surface area (Å²) in [4.78, 5) is 11.7. The third-order valence-electron chi connectivity index (χ3n) is 7.37. The van der Waals surface area contributed by atoms with Crippen LogP contribution in [0.1, 0.15) is 67.4 Å². The molecule has 1 rings (SSSR count). The predicted molar refractivity (Wildman–Crippen MR) is 146 cm³/mol. The molecule has 0 spiro atoms. The highest BCUT2D eigenvalue weighted by Gasteiger charge is 2.41. The van der Waals surface area contributed by atoms with E-state index in [0.717, 1.165) is 23.7 Å². The molecule has 0 amide bonds. The summed E-state index contributed by atoms with van der Waals surface area (Å²) in [7, 11) is -3.87. The first-order valence-electron chi connectivity index (χ1n) is 12.9. The molecule has 1 aromatic carbocycles. The number of benzene rings is 1. The van der Waals surface area contributed by atoms with Crippen molar-refractivity contribution in [2.75, 3.05) is 6.61 Å². The molecule has 0 aliphatic heterocycles. The van der Waals surface area contributed by atoms with Gasteiger partial charge in [0.15, 0.2) is 16.6 Å². The minimum absolute atomic E-state index is 0.0170. The highest BCUT2D eigenvalue weighted by atomic mass is 28.4. The quantitative estimate of drug-likeness (QED) is 0.183. The summed E-state index contributed by atoms with van der Waals surface area (Å²) in [6.45, 7) is 22.3. The van der Waals surface area contributed by atoms with Crippen molar-refractivity contribution >= 4 is 22.6 Å². The maximum Gasteiger partial charge on any atom is 0.302 e. The SMILES string of the molecule is CC[Si](CC)(CC)O[C@H](C[C@@H](C)O[Si](C)(C)C(C)(C)C)[C@H](COC(C)=O)OCc1ccccc1. The Kier molecular flexibility index (Phi) is 12.7. The van der Waals surface area contributed by atoms with Crippen molar-refractivity contribution in [1.82, 2.24) is 0 Å². The van der Waals surface area contributed by atoms with Crippen molar-refractivity contribution in [1.29, 1.82) is 0 Å². The first kappa shape index (κ1) is 31.0. The molecule has 0 heterocycles. The molecule has 0 saturated heterocycles. The average molecular weight is 511 g/mol. The summed E-state index contributed by atoms with van der Waals surface area (Å²) in [6, 6.07) is 13.2. The fraction of sp³-hybridized carbons (Fsp3) is 0.741. The van der Waals surface area contributed by atoms with E-state index in [0.29, 0.717) is 13.0 Å². The molecule has 0 bridgehead atoms. The normalized spacial score (nSPS) is 15.6. The lowest BCUT2D eigenvalue weighted by Crippen LogP contribution is -2.49. The average Bonchev–Trinajstić information content (AvgIpc) is 2.76. The van der Waals surface area contributed by atoms with Gasteiger partial charge in [-0.3, -0.25) is 4.79 Å². The first-order valence-corrected chi connectivity index (χ1v) is 18.4. The van der Waals surface area contributed by atoms with E-state index < -0.39 is 16.6 Å². The molecule has 0 aliphatic carbocycles. The van der Waals surface area contributed by atoms with Gasteiger partial charge < -0.3 is 18.3 Å². The lowest BCUT2D eigenvalue weighted by molar-refractivity contribution is -0.150. The fourth-order valence-corrected chi connectivity index (χ4v) is 8.24. The molecule has 7 heteroatoms. The molecule has 0 fully saturated rings. The van der Waals surface area contributed by atoms with Gasteiger partial charge in [0.05, 0.1) is 12.7 Å². The molecule has 1 aromatic rings. The van der Waals surface area contributed by atoms with Crippen LogP contribution >= 0.6 is 0 Å². The van der Waals surface area contributed by atoms with E-state index in [1.54, 1.807) is 0 Å². The maximum atomic E-state index is 11.7. The van der Waals surface area contributed by atoms with Crippen LogP contribution in [0.5, 0.6) is 0 Å². The first-order chi connectivity index (χ1) is 15.8. The van der Waals surface area contributed by atoms with Crippen molar-refractivity contribution in [2.45, 2.75) is 123 Å². The molecule has 3 atom stereocenters. The van der Waals surface area contributed by atoms with Crippen LogP contribution in [-0.4, -0.2) is 47.5 Å². The summed E-state index contributed by atoms with van der Waals surface area (Å²) in [5, 5.41) is 0.132. The molecular formula is C27H50O5Si2. The van der Waals surface area contributed by atoms with E-state index in [-0.39, 0.29) is 35.9 Å². The molecule has 0 saturated carbocycles. The molecule has 0 N–H and O–H groups in total. The third kappa shape index (κ3) is 9.93. The summed E-state index contributed by atoms with van der Waals surface area (Å²) in [6.07, 6.45) is 0.172. The molecular weight excluding hydrogens is 460 g/mol. The Balaban J connectivity index is 3.19. The highest BCUT2D eigenvalue weighted by molar-refractivity contribution is 6.74. The Morgan fingerprint density at radius 3 is 1.97 bits per heavy atom. The number of carbonyl (C=O) groups is 1. The van der Waals surface area contributed by atoms with E-state index in [1.165, 1.54) is 6.92 Å². The van der Waals surface area contributed by atoms with Gasteiger partial charge in [0, 0.05) is 13.0 Å². The van der Waals surface area contributed by atoms with Crippen LogP contribution in [0.2, 0.25) is 36.3 Å². The predicted octanol–water partition coefficient (Wildman–Crippen LogP) is 7.33. The van der Waals surface area contributed by atoms with Crippen LogP contribution in [0.3, 0.4) is 0 Å². The highest BCUT2D eigenvalue weighted by Crippen LogP contribution is 2.38. The Morgan fingerprint density at radius 2 is 1.50 bits per heavy atom. The zero-order valence-electron chi connectivity index (χ0n) is 23.4. The summed E-state index contributed by atoms with van der Waals surface area (Å²) in [5.74, 6) is -0.303. The summed E-state index contributed by atoms with van der Waals surface area (Å²) >= 11 is 0. The van der Waals surface area contributed by atoms with Crippen LogP contribution in [0.25, 0.3) is 0 Å². The van der Waals surface area contributed by atoms with Crippen molar-refractivity contribution in [2.24, 2.45) is 0 Å². The smallest absolute Gasteiger partial charge is 0.302 e. The topological polar surface area (TPSA) is 54.0 Å². The van der Waals surface area contributed by atoms with Gasteiger partial charge in [0.25, 0.3) is 0 Å². The molecule has 0 aromatic heterocycles. The molecule has 0 aliphatic rings. The van der Waals surface area contributed by atoms with Crippen molar-refractivity contribution in [3.05, 3.63) is 35.9 Å². The second-order valence-corrected chi connectivity index (χ2v) is 20.4. The van der Waals surface area contributed by atoms with Gasteiger partial charge in [-0.05, 0) is 55.2 Å². The van der Waals surface area contributed by atoms with E-state index >= 15 is 0 Å². The Hall–Kier alpha value is -0.996. The van der Waals surface area contributed by atoms with Gasteiger partial charge in [0.1, 0.15) is 12.7 Å². The third-order valence-corrected chi connectivity index (χ3v) is 16.6. The zero-order valence-corrected chi connectivity index (χ0v) is 25.4. The van der Waals surface area contributed by atoms with Crippen LogP contribution in [-0.2, 0) is 29.7 Å². The van der Waals surface area contributed by atoms with Gasteiger partial charge in [-0.15, -0.1) is 0 Å². The maximum absolute atomic E-state index is 11.7. The largest absolute Gasteiger partial charge is 0.463 e. The Labute approximate surface area is 211 Å². The molecule has 196 valence electrons. The van der Waals surface area contributed by atoms with Crippen LogP contribution in [0, 0.1) is 0 Å². The number of carbonyl (C=O) groups excluding carboxylic acids is 1. The van der Waals surface area contributed by atoms with Gasteiger partial charge >= 0.3 is 5.97 Å². The van der Waals surface area contributed by atoms with Crippen molar-refractivity contribution < 1.29 is 23.1 Å². The number of esters is 1. The van der Waals surface area contributed by atoms with E-state index in [9.17, 15) is 4.79 Å². The lowest BCUT2D eigenvalue weighted by atomic mass is 10.1. The van der Waals surface area contributed by atoms with E-state index in [4.69, 9.17) is 18.3 Å². The molecule has 5 nitrogen and oxygen atoms in total. The summed E-state index contributed by atoms with van der Waals surface area (Å²) < 4.78 is 25.6. The van der Waals surface area contributed by atoms with Gasteiger partial charge in [-0.1, -0.05) is 71.9 Å². The molecule has 34 heavy (non-hydrogen) atoms. The minimum Gasteiger partial charge on any atom is -0.463 e. The van der Waals surface area contributed by atoms with Gasteiger partial charge in [0.2, 0.25) is 0 Å². The van der Waals surface area contributed by atoms with Crippen LogP contribution in [0.4, 0.5) is 0 Å². The standard InChI is InChI=1S/C27H50O5Si2/c1-11-34(12-2,13-3)32-25(19-22(4)31-33(9,10)27(6,7)8)26(21-29-23(5)28)30-20-24-17-15-14-16-18-24/h14-18,22,25-26H,11-13,19-21H2,1-10H3/t22-,25-,26+/m1/s1. The molecule has 0 radical (unpaired) electrons. The monoisotopic (exact) mass is 510 g/mol. The van der Waals surface area contributed by atoms with Crippen molar-refractivity contribution in [3.8, 4) is 0 Å². The van der Waals surface area contributed by atoms with E-state index in [2.05, 4.69) is 61.6 Å². The number of hydrogen-bond acceptors (Lipinski definition) is 5. The fourth-order valence-electron chi connectivity index (χ4n) is 3.89. The van der Waals surface area contributed by atoms with Gasteiger partial charge in [-0.25, -0.2) is 0 Å². The second-order valence-electron chi connectivity index (χ2n) is 11.0. The van der Waals surface area contributed by atoms with Crippen molar-refractivity contribution in [3.63, 3.8) is 0 Å². The second kappa shape index (κ2) is 13.9.